The van der Waals surface area contributed by atoms with Crippen molar-refractivity contribution in [2.24, 2.45) is 21.1 Å². The van der Waals surface area contributed by atoms with E-state index < -0.39 is 60.8 Å². The predicted octanol–water partition coefficient (Wildman–Crippen LogP) is 0.357. The number of anilines is 1. The van der Waals surface area contributed by atoms with Crippen molar-refractivity contribution in [2.75, 3.05) is 24.5 Å². The minimum absolute atomic E-state index is 0.00142. The number of ether oxygens (including phenoxy) is 1. The van der Waals surface area contributed by atoms with Gasteiger partial charge in [0.05, 0.1) is 34.9 Å². The third-order valence-corrected chi connectivity index (χ3v) is 7.69. The fourth-order valence-corrected chi connectivity index (χ4v) is 5.03. The quantitative estimate of drug-likeness (QED) is 0.295. The van der Waals surface area contributed by atoms with Crippen LogP contribution in [0.25, 0.3) is 0 Å². The molecule has 16 heteroatoms. The number of methoxy groups -OCH3 is 1. The summed E-state index contributed by atoms with van der Waals surface area (Å²) in [5.41, 5.74) is 5.29. The molecule has 14 nitrogen and oxygen atoms in total. The van der Waals surface area contributed by atoms with Crippen LogP contribution < -0.4 is 15.5 Å². The van der Waals surface area contributed by atoms with Gasteiger partial charge in [-0.25, -0.2) is 8.42 Å². The number of sulfone groups is 1. The molecular weight excluding hydrogens is 518 g/mol. The van der Waals surface area contributed by atoms with E-state index in [0.29, 0.717) is 0 Å². The lowest BCUT2D eigenvalue weighted by molar-refractivity contribution is -0.118. The second kappa shape index (κ2) is 10.1. The Morgan fingerprint density at radius 1 is 1.19 bits per heavy atom. The molecule has 0 aromatic heterocycles. The molecule has 1 atom stereocenters. The average molecular weight is 540 g/mol. The number of rotatable bonds is 9. The molecule has 0 aliphatic carbocycles. The van der Waals surface area contributed by atoms with E-state index in [1.165, 1.54) is 38.3 Å². The molecule has 36 heavy (non-hydrogen) atoms. The topological polar surface area (TPSA) is 218 Å². The van der Waals surface area contributed by atoms with Crippen LogP contribution in [0.15, 0.2) is 61.5 Å². The largest absolute Gasteiger partial charge is 0.494 e. The number of hydrazone groups is 1. The molecule has 2 amide bonds. The van der Waals surface area contributed by atoms with Crippen molar-refractivity contribution >= 4 is 48.9 Å². The van der Waals surface area contributed by atoms with Gasteiger partial charge in [0.25, 0.3) is 21.9 Å². The third kappa shape index (κ3) is 5.40. The Morgan fingerprint density at radius 3 is 2.36 bits per heavy atom. The van der Waals surface area contributed by atoms with Crippen LogP contribution in [-0.2, 0) is 29.5 Å². The molecule has 0 radical (unpaired) electrons. The van der Waals surface area contributed by atoms with Gasteiger partial charge >= 0.3 is 0 Å². The normalized spacial score (nSPS) is 16.4. The number of amides is 2. The average Bonchev–Trinajstić information content (AvgIpc) is 3.13. The van der Waals surface area contributed by atoms with Gasteiger partial charge in [-0.15, -0.1) is 0 Å². The van der Waals surface area contributed by atoms with Crippen molar-refractivity contribution in [2.45, 2.75) is 22.8 Å². The van der Waals surface area contributed by atoms with E-state index in [2.05, 4.69) is 15.3 Å². The van der Waals surface area contributed by atoms with Crippen molar-refractivity contribution in [1.29, 1.82) is 0 Å². The molecule has 3 rings (SSSR count). The number of hydrogen-bond acceptors (Lipinski definition) is 11. The number of carbonyl (C=O) groups is 2. The number of azo groups is 1. The summed E-state index contributed by atoms with van der Waals surface area (Å²) >= 11 is 0. The van der Waals surface area contributed by atoms with Gasteiger partial charge in [-0.3, -0.25) is 14.1 Å². The maximum Gasteiger partial charge on any atom is 0.294 e. The van der Waals surface area contributed by atoms with E-state index in [1.54, 1.807) is 0 Å². The van der Waals surface area contributed by atoms with Crippen LogP contribution in [0.4, 0.5) is 11.4 Å². The summed E-state index contributed by atoms with van der Waals surface area (Å²) in [6.07, 6.45) is 0. The summed E-state index contributed by atoms with van der Waals surface area (Å²) in [6.45, 7) is 0.928. The molecule has 0 saturated carbocycles. The van der Waals surface area contributed by atoms with Gasteiger partial charge in [0.1, 0.15) is 11.4 Å². The molecule has 1 unspecified atom stereocenters. The first-order valence-electron chi connectivity index (χ1n) is 10.0. The van der Waals surface area contributed by atoms with Crippen LogP contribution in [0, 0.1) is 6.92 Å². The SMILES string of the molecule is COc1cc(S(=O)(=O)CCO)c(C)cc1N=NC1C(=O)N(c2ccc(S(=O)(=O)O)cc2)N=C1C(N)=O. The van der Waals surface area contributed by atoms with Gasteiger partial charge < -0.3 is 15.6 Å². The van der Waals surface area contributed by atoms with Crippen molar-refractivity contribution in [3.8, 4) is 5.75 Å². The summed E-state index contributed by atoms with van der Waals surface area (Å²) in [4.78, 5) is 24.4. The van der Waals surface area contributed by atoms with E-state index >= 15 is 0 Å². The zero-order valence-electron chi connectivity index (χ0n) is 18.9. The third-order valence-electron chi connectivity index (χ3n) is 4.99. The summed E-state index contributed by atoms with van der Waals surface area (Å²) in [5.74, 6) is -2.38. The number of nitrogens with two attached hydrogens (primary N) is 1. The van der Waals surface area contributed by atoms with Crippen molar-refractivity contribution < 1.29 is 40.8 Å². The highest BCUT2D eigenvalue weighted by atomic mass is 32.2. The fourth-order valence-electron chi connectivity index (χ4n) is 3.26. The number of carbonyl (C=O) groups excluding carboxylic acids is 2. The fraction of sp³-hybridized carbons (Fsp3) is 0.250. The van der Waals surface area contributed by atoms with Crippen LogP contribution >= 0.6 is 0 Å². The van der Waals surface area contributed by atoms with E-state index in [0.717, 1.165) is 17.1 Å². The zero-order valence-corrected chi connectivity index (χ0v) is 20.5. The standard InChI is InChI=1S/C20H21N5O9S2/c1-11-9-14(15(34-2)10-16(11)35(29,30)8-7-26)22-23-18-17(19(21)27)24-25(20(18)28)12-3-5-13(6-4-12)36(31,32)33/h3-6,9-10,18,26H,7-8H2,1-2H3,(H2,21,27)(H,31,32,33). The highest BCUT2D eigenvalue weighted by Gasteiger charge is 2.40. The summed E-state index contributed by atoms with van der Waals surface area (Å²) in [6, 6.07) is 5.43. The Morgan fingerprint density at radius 2 is 1.83 bits per heavy atom. The number of benzene rings is 2. The first kappa shape index (κ1) is 26.9. The molecule has 2 aromatic carbocycles. The van der Waals surface area contributed by atoms with Crippen LogP contribution in [0.2, 0.25) is 0 Å². The van der Waals surface area contributed by atoms with E-state index in [9.17, 15) is 26.4 Å². The minimum atomic E-state index is -4.47. The molecular formula is C20H21N5O9S2. The molecule has 1 heterocycles. The van der Waals surface area contributed by atoms with Gasteiger partial charge in [-0.05, 0) is 42.8 Å². The molecule has 1 aliphatic rings. The van der Waals surface area contributed by atoms with Crippen molar-refractivity contribution in [1.82, 2.24) is 0 Å². The summed E-state index contributed by atoms with van der Waals surface area (Å²) in [7, 11) is -7.00. The molecule has 192 valence electrons. The van der Waals surface area contributed by atoms with Crippen LogP contribution in [0.1, 0.15) is 5.56 Å². The highest BCUT2D eigenvalue weighted by Crippen LogP contribution is 2.34. The van der Waals surface area contributed by atoms with Crippen LogP contribution in [0.5, 0.6) is 5.75 Å². The molecule has 0 saturated heterocycles. The highest BCUT2D eigenvalue weighted by molar-refractivity contribution is 7.91. The second-order valence-corrected chi connectivity index (χ2v) is 10.9. The molecule has 0 spiro atoms. The zero-order chi connectivity index (χ0) is 26.8. The monoisotopic (exact) mass is 539 g/mol. The number of aliphatic hydroxyl groups excluding tert-OH is 1. The maximum absolute atomic E-state index is 13.0. The second-order valence-electron chi connectivity index (χ2n) is 7.42. The Kier molecular flexibility index (Phi) is 7.54. The Balaban J connectivity index is 1.97. The Labute approximate surface area is 205 Å². The lowest BCUT2D eigenvalue weighted by Gasteiger charge is -2.13. The summed E-state index contributed by atoms with van der Waals surface area (Å²) in [5, 5.41) is 21.5. The Bertz CT molecular complexity index is 1480. The smallest absolute Gasteiger partial charge is 0.294 e. The number of nitrogens with zero attached hydrogens (tertiary/aromatic N) is 4. The van der Waals surface area contributed by atoms with Crippen LogP contribution in [0.3, 0.4) is 0 Å². The van der Waals surface area contributed by atoms with Gasteiger partial charge in [0, 0.05) is 6.07 Å². The molecule has 1 aliphatic heterocycles. The van der Waals surface area contributed by atoms with Gasteiger partial charge in [-0.2, -0.15) is 28.8 Å². The molecule has 2 aromatic rings. The van der Waals surface area contributed by atoms with Gasteiger partial charge in [-0.1, -0.05) is 0 Å². The first-order valence-corrected chi connectivity index (χ1v) is 13.1. The number of aliphatic hydroxyl groups is 1. The lowest BCUT2D eigenvalue weighted by Crippen LogP contribution is -2.35. The van der Waals surface area contributed by atoms with E-state index in [-0.39, 0.29) is 27.6 Å². The Hall–Kier alpha value is -3.73. The van der Waals surface area contributed by atoms with E-state index in [4.69, 9.17) is 20.1 Å². The van der Waals surface area contributed by atoms with Gasteiger partial charge in [0.2, 0.25) is 6.04 Å². The molecule has 0 fully saturated rings. The van der Waals surface area contributed by atoms with Crippen LogP contribution in [-0.4, -0.2) is 69.5 Å². The summed E-state index contributed by atoms with van der Waals surface area (Å²) < 4.78 is 61.5. The maximum atomic E-state index is 13.0. The number of hydrogen-bond donors (Lipinski definition) is 3. The predicted molar refractivity (Wildman–Crippen MR) is 126 cm³/mol. The molecule has 4 N–H and O–H groups in total. The molecule has 0 bridgehead atoms. The first-order chi connectivity index (χ1) is 16.8. The van der Waals surface area contributed by atoms with Gasteiger partial charge in [0.15, 0.2) is 15.5 Å². The number of aryl methyl sites for hydroxylation is 1. The van der Waals surface area contributed by atoms with Crippen molar-refractivity contribution in [3.05, 3.63) is 42.0 Å². The van der Waals surface area contributed by atoms with Crippen molar-refractivity contribution in [3.63, 3.8) is 0 Å². The minimum Gasteiger partial charge on any atom is -0.494 e. The lowest BCUT2D eigenvalue weighted by atomic mass is 10.1. The number of primary amides is 1. The van der Waals surface area contributed by atoms with E-state index in [1.807, 2.05) is 0 Å².